The summed E-state index contributed by atoms with van der Waals surface area (Å²) < 4.78 is 10.7. The number of hydrogen-bond acceptors (Lipinski definition) is 6. The number of nitrogens with one attached hydrogen (secondary N) is 3. The Morgan fingerprint density at radius 1 is 0.818 bits per heavy atom. The molecule has 0 aliphatic rings. The normalized spacial score (nSPS) is 11.3. The maximum Gasteiger partial charge on any atom is 0.408 e. The third-order valence-corrected chi connectivity index (χ3v) is 6.00. The van der Waals surface area contributed by atoms with Crippen LogP contribution in [0.1, 0.15) is 78.0 Å². The number of allylic oxidation sites excluding steroid dienone is 1. The van der Waals surface area contributed by atoms with Gasteiger partial charge in [0.25, 0.3) is 0 Å². The third kappa shape index (κ3) is 16.9. The summed E-state index contributed by atoms with van der Waals surface area (Å²) in [5, 5.41) is 7.90. The fourth-order valence-corrected chi connectivity index (χ4v) is 3.80. The molecular weight excluding hydrogens is 560 g/mol. The standard InChI is InChI=1S/C30H40N4O6.2C2H6/c1-20(2)27(34-30(38)40-19-23-9-6-5-7-10-23)28(36)33-25(11-8-16-32-29(31)37)26(35)17-22-12-14-24(15-13-22)18-39-21(3)4;2*1-2/h5-7,9-10,12-15,20,25,27H,3,8,11,16-19H2,1-2,4H3,(H,33,36)(H,34,38)(H3,31,32,37);2*1-2H3/t25-,27?;;/m0../s1. The molecule has 0 fully saturated rings. The molecule has 0 saturated carbocycles. The van der Waals surface area contributed by atoms with E-state index in [1.54, 1.807) is 20.8 Å². The number of urea groups is 1. The minimum Gasteiger partial charge on any atom is -0.494 e. The van der Waals surface area contributed by atoms with Gasteiger partial charge in [0.2, 0.25) is 5.91 Å². The van der Waals surface area contributed by atoms with E-state index in [9.17, 15) is 19.2 Å². The molecule has 5 N–H and O–H groups in total. The van der Waals surface area contributed by atoms with Crippen LogP contribution in [-0.2, 0) is 38.7 Å². The molecule has 2 aromatic carbocycles. The summed E-state index contributed by atoms with van der Waals surface area (Å²) in [6.45, 7) is 17.7. The first-order chi connectivity index (χ1) is 21.0. The lowest BCUT2D eigenvalue weighted by Crippen LogP contribution is -2.54. The van der Waals surface area contributed by atoms with E-state index in [1.807, 2.05) is 82.3 Å². The van der Waals surface area contributed by atoms with Crippen molar-refractivity contribution >= 4 is 23.8 Å². The summed E-state index contributed by atoms with van der Waals surface area (Å²) in [4.78, 5) is 50.0. The topological polar surface area (TPSA) is 149 Å². The Kier molecular flexibility index (Phi) is 20.9. The second kappa shape index (κ2) is 23.2. The largest absolute Gasteiger partial charge is 0.494 e. The Morgan fingerprint density at radius 3 is 1.91 bits per heavy atom. The molecule has 244 valence electrons. The average Bonchev–Trinajstić information content (AvgIpc) is 3.02. The Balaban J connectivity index is 0.00000443. The van der Waals surface area contributed by atoms with Crippen LogP contribution in [0.25, 0.3) is 0 Å². The van der Waals surface area contributed by atoms with Crippen LogP contribution in [0.4, 0.5) is 9.59 Å². The molecule has 2 atom stereocenters. The van der Waals surface area contributed by atoms with Gasteiger partial charge in [0, 0.05) is 13.0 Å². The van der Waals surface area contributed by atoms with Crippen molar-refractivity contribution in [2.24, 2.45) is 11.7 Å². The number of hydrogen-bond donors (Lipinski definition) is 4. The maximum atomic E-state index is 13.3. The second-order valence-corrected chi connectivity index (χ2v) is 9.87. The fourth-order valence-electron chi connectivity index (χ4n) is 3.80. The van der Waals surface area contributed by atoms with E-state index in [2.05, 4.69) is 22.5 Å². The molecular formula is C34H52N4O6. The summed E-state index contributed by atoms with van der Waals surface area (Å²) in [5.41, 5.74) is 7.66. The molecule has 2 aromatic rings. The third-order valence-electron chi connectivity index (χ3n) is 6.00. The highest BCUT2D eigenvalue weighted by atomic mass is 16.5. The molecule has 0 aliphatic heterocycles. The number of alkyl carbamates (subject to hydrolysis) is 1. The molecule has 0 saturated heterocycles. The van der Waals surface area contributed by atoms with Gasteiger partial charge in [0.1, 0.15) is 19.3 Å². The number of primary amides is 1. The summed E-state index contributed by atoms with van der Waals surface area (Å²) in [6.07, 6.45) is 0.0465. The van der Waals surface area contributed by atoms with Gasteiger partial charge in [-0.1, -0.05) is 103 Å². The van der Waals surface area contributed by atoms with Crippen molar-refractivity contribution in [1.29, 1.82) is 0 Å². The quantitative estimate of drug-likeness (QED) is 0.139. The highest BCUT2D eigenvalue weighted by molar-refractivity contribution is 5.93. The first-order valence-electron chi connectivity index (χ1n) is 15.2. The number of benzene rings is 2. The molecule has 0 heterocycles. The van der Waals surface area contributed by atoms with Gasteiger partial charge < -0.3 is 31.2 Å². The van der Waals surface area contributed by atoms with Crippen LogP contribution in [0, 0.1) is 5.92 Å². The number of carbonyl (C=O) groups is 4. The summed E-state index contributed by atoms with van der Waals surface area (Å²) in [5.74, 6) is -0.361. The summed E-state index contributed by atoms with van der Waals surface area (Å²) >= 11 is 0. The Labute approximate surface area is 263 Å². The molecule has 0 aromatic heterocycles. The summed E-state index contributed by atoms with van der Waals surface area (Å²) in [6, 6.07) is 14.2. The average molecular weight is 613 g/mol. The molecule has 0 radical (unpaired) electrons. The predicted octanol–water partition coefficient (Wildman–Crippen LogP) is 5.79. The van der Waals surface area contributed by atoms with E-state index in [-0.39, 0.29) is 37.7 Å². The van der Waals surface area contributed by atoms with Gasteiger partial charge >= 0.3 is 12.1 Å². The minimum atomic E-state index is -0.921. The van der Waals surface area contributed by atoms with Gasteiger partial charge in [0.15, 0.2) is 5.78 Å². The van der Waals surface area contributed by atoms with Crippen molar-refractivity contribution in [1.82, 2.24) is 16.0 Å². The number of carbonyl (C=O) groups excluding carboxylic acids is 4. The van der Waals surface area contributed by atoms with Crippen LogP contribution in [0.15, 0.2) is 66.9 Å². The Hall–Kier alpha value is -4.34. The number of rotatable bonds is 16. The molecule has 1 unspecified atom stereocenters. The lowest BCUT2D eigenvalue weighted by molar-refractivity contribution is -0.129. The fraction of sp³-hybridized carbons (Fsp3) is 0.471. The van der Waals surface area contributed by atoms with E-state index in [0.29, 0.717) is 18.8 Å². The van der Waals surface area contributed by atoms with Crippen LogP contribution in [0.3, 0.4) is 0 Å². The molecule has 0 aliphatic carbocycles. The highest BCUT2D eigenvalue weighted by Crippen LogP contribution is 2.12. The highest BCUT2D eigenvalue weighted by Gasteiger charge is 2.29. The van der Waals surface area contributed by atoms with E-state index in [4.69, 9.17) is 15.2 Å². The summed E-state index contributed by atoms with van der Waals surface area (Å²) in [7, 11) is 0. The van der Waals surface area contributed by atoms with E-state index >= 15 is 0 Å². The molecule has 10 heteroatoms. The first-order valence-corrected chi connectivity index (χ1v) is 15.2. The van der Waals surface area contributed by atoms with Crippen molar-refractivity contribution in [2.45, 2.75) is 93.0 Å². The van der Waals surface area contributed by atoms with Gasteiger partial charge in [-0.05, 0) is 42.4 Å². The molecule has 10 nitrogen and oxygen atoms in total. The number of ether oxygens (including phenoxy) is 2. The van der Waals surface area contributed by atoms with Crippen molar-refractivity contribution in [2.75, 3.05) is 6.54 Å². The first kappa shape index (κ1) is 39.7. The molecule has 4 amide bonds. The molecule has 0 bridgehead atoms. The van der Waals surface area contributed by atoms with Crippen LogP contribution in [-0.4, -0.2) is 42.4 Å². The number of Topliss-reactive ketones (excluding diaryl/α,β-unsaturated/α-hetero) is 1. The number of ketones is 1. The Morgan fingerprint density at radius 2 is 1.36 bits per heavy atom. The predicted molar refractivity (Wildman–Crippen MR) is 175 cm³/mol. The zero-order chi connectivity index (χ0) is 33.5. The second-order valence-electron chi connectivity index (χ2n) is 9.87. The van der Waals surface area contributed by atoms with E-state index in [1.165, 1.54) is 0 Å². The SMILES string of the molecule is C=C(C)OCc1ccc(CC(=O)[C@H](CCCNC(N)=O)NC(=O)C(NC(=O)OCc2ccccc2)C(C)C)cc1.CC.CC. The Bertz CT molecular complexity index is 1140. The van der Waals surface area contributed by atoms with Gasteiger partial charge in [-0.3, -0.25) is 9.59 Å². The number of amides is 4. The van der Waals surface area contributed by atoms with Crippen molar-refractivity contribution in [3.63, 3.8) is 0 Å². The molecule has 2 rings (SSSR count). The molecule has 44 heavy (non-hydrogen) atoms. The molecule has 0 spiro atoms. The maximum absolute atomic E-state index is 13.3. The van der Waals surface area contributed by atoms with Crippen LogP contribution in [0.5, 0.6) is 0 Å². The smallest absolute Gasteiger partial charge is 0.408 e. The lowest BCUT2D eigenvalue weighted by atomic mass is 9.97. The van der Waals surface area contributed by atoms with Crippen LogP contribution >= 0.6 is 0 Å². The zero-order valence-corrected chi connectivity index (χ0v) is 27.4. The van der Waals surface area contributed by atoms with E-state index in [0.717, 1.165) is 16.7 Å². The van der Waals surface area contributed by atoms with Gasteiger partial charge in [-0.15, -0.1) is 0 Å². The minimum absolute atomic E-state index is 0.0607. The van der Waals surface area contributed by atoms with Crippen molar-refractivity contribution in [3.8, 4) is 0 Å². The van der Waals surface area contributed by atoms with E-state index < -0.39 is 30.1 Å². The van der Waals surface area contributed by atoms with Crippen LogP contribution in [0.2, 0.25) is 0 Å². The van der Waals surface area contributed by atoms with Crippen molar-refractivity contribution < 1.29 is 28.7 Å². The van der Waals surface area contributed by atoms with Crippen molar-refractivity contribution in [3.05, 3.63) is 83.6 Å². The van der Waals surface area contributed by atoms with Gasteiger partial charge in [-0.25, -0.2) is 9.59 Å². The monoisotopic (exact) mass is 612 g/mol. The van der Waals surface area contributed by atoms with Crippen LogP contribution < -0.4 is 21.7 Å². The number of nitrogens with two attached hydrogens (primary N) is 1. The van der Waals surface area contributed by atoms with Gasteiger partial charge in [-0.2, -0.15) is 0 Å². The van der Waals surface area contributed by atoms with Gasteiger partial charge in [0.05, 0.1) is 11.8 Å². The lowest BCUT2D eigenvalue weighted by Gasteiger charge is -2.25. The zero-order valence-electron chi connectivity index (χ0n) is 27.4.